The van der Waals surface area contributed by atoms with Gasteiger partial charge in [-0.2, -0.15) is 0 Å². The van der Waals surface area contributed by atoms with Gasteiger partial charge in [-0.15, -0.1) is 0 Å². The lowest BCUT2D eigenvalue weighted by atomic mass is 9.93. The van der Waals surface area contributed by atoms with Crippen LogP contribution in [0.4, 0.5) is 0 Å². The molecule has 1 aromatic carbocycles. The van der Waals surface area contributed by atoms with Crippen LogP contribution in [0.3, 0.4) is 0 Å². The second-order valence-electron chi connectivity index (χ2n) is 6.09. The molecular formula is C17H25NO2. The van der Waals surface area contributed by atoms with Gasteiger partial charge in [0.1, 0.15) is 6.04 Å². The standard InChI is InChI=1S/C17H25NO2/c1-12(2)13-8-10-14(11-9-13)16(17(19)20)18-15-6-4-3-5-7-15/h8-12,15-16,18H,3-7H2,1-2H3,(H,19,20). The van der Waals surface area contributed by atoms with Gasteiger partial charge in [0.05, 0.1) is 0 Å². The number of benzene rings is 1. The summed E-state index contributed by atoms with van der Waals surface area (Å²) in [5, 5.41) is 12.8. The second-order valence-corrected chi connectivity index (χ2v) is 6.09. The van der Waals surface area contributed by atoms with Crippen LogP contribution in [0.5, 0.6) is 0 Å². The highest BCUT2D eigenvalue weighted by Gasteiger charge is 2.24. The van der Waals surface area contributed by atoms with E-state index in [0.717, 1.165) is 18.4 Å². The van der Waals surface area contributed by atoms with E-state index in [1.807, 2.05) is 24.3 Å². The van der Waals surface area contributed by atoms with Crippen LogP contribution in [0.25, 0.3) is 0 Å². The lowest BCUT2D eigenvalue weighted by molar-refractivity contribution is -0.140. The molecule has 1 aromatic rings. The van der Waals surface area contributed by atoms with E-state index < -0.39 is 12.0 Å². The summed E-state index contributed by atoms with van der Waals surface area (Å²) in [4.78, 5) is 11.5. The normalized spacial score (nSPS) is 18.1. The van der Waals surface area contributed by atoms with E-state index >= 15 is 0 Å². The molecule has 0 amide bonds. The van der Waals surface area contributed by atoms with Crippen molar-refractivity contribution in [3.05, 3.63) is 35.4 Å². The first-order chi connectivity index (χ1) is 9.58. The van der Waals surface area contributed by atoms with E-state index in [1.54, 1.807) is 0 Å². The van der Waals surface area contributed by atoms with Crippen LogP contribution in [0.2, 0.25) is 0 Å². The Labute approximate surface area is 121 Å². The van der Waals surface area contributed by atoms with Crippen LogP contribution in [-0.2, 0) is 4.79 Å². The van der Waals surface area contributed by atoms with Crippen molar-refractivity contribution in [1.29, 1.82) is 0 Å². The smallest absolute Gasteiger partial charge is 0.325 e. The number of carboxylic acids is 1. The Hall–Kier alpha value is -1.35. The number of hydrogen-bond donors (Lipinski definition) is 2. The highest BCUT2D eigenvalue weighted by molar-refractivity contribution is 5.75. The highest BCUT2D eigenvalue weighted by Crippen LogP contribution is 2.23. The maximum atomic E-state index is 11.5. The first-order valence-electron chi connectivity index (χ1n) is 7.66. The third kappa shape index (κ3) is 3.83. The molecule has 0 spiro atoms. The Balaban J connectivity index is 2.09. The fourth-order valence-electron chi connectivity index (χ4n) is 2.89. The van der Waals surface area contributed by atoms with Crippen molar-refractivity contribution in [2.45, 2.75) is 64.0 Å². The average molecular weight is 275 g/mol. The Morgan fingerprint density at radius 1 is 1.10 bits per heavy atom. The summed E-state index contributed by atoms with van der Waals surface area (Å²) >= 11 is 0. The van der Waals surface area contributed by atoms with Crippen LogP contribution in [0.15, 0.2) is 24.3 Å². The maximum Gasteiger partial charge on any atom is 0.325 e. The van der Waals surface area contributed by atoms with Gasteiger partial charge < -0.3 is 5.11 Å². The fourth-order valence-corrected chi connectivity index (χ4v) is 2.89. The first kappa shape index (κ1) is 15.0. The van der Waals surface area contributed by atoms with Gasteiger partial charge >= 0.3 is 5.97 Å². The zero-order valence-electron chi connectivity index (χ0n) is 12.4. The topological polar surface area (TPSA) is 49.3 Å². The van der Waals surface area contributed by atoms with Crippen LogP contribution in [0, 0.1) is 0 Å². The number of rotatable bonds is 5. The Bertz CT molecular complexity index is 433. The molecule has 20 heavy (non-hydrogen) atoms. The zero-order valence-corrected chi connectivity index (χ0v) is 12.4. The van der Waals surface area contributed by atoms with E-state index in [4.69, 9.17) is 0 Å². The molecule has 1 aliphatic carbocycles. The van der Waals surface area contributed by atoms with E-state index in [1.165, 1.54) is 24.8 Å². The summed E-state index contributed by atoms with van der Waals surface area (Å²) < 4.78 is 0. The molecule has 1 fully saturated rings. The molecule has 0 saturated heterocycles. The molecular weight excluding hydrogens is 250 g/mol. The fraction of sp³-hybridized carbons (Fsp3) is 0.588. The summed E-state index contributed by atoms with van der Waals surface area (Å²) in [6, 6.07) is 7.74. The van der Waals surface area contributed by atoms with E-state index in [-0.39, 0.29) is 0 Å². The average Bonchev–Trinajstić information content (AvgIpc) is 2.45. The summed E-state index contributed by atoms with van der Waals surface area (Å²) in [6.45, 7) is 4.29. The van der Waals surface area contributed by atoms with Gasteiger partial charge in [-0.1, -0.05) is 57.4 Å². The predicted octanol–water partition coefficient (Wildman–Crippen LogP) is 3.86. The molecule has 1 unspecified atom stereocenters. The van der Waals surface area contributed by atoms with Crippen LogP contribution >= 0.6 is 0 Å². The van der Waals surface area contributed by atoms with Gasteiger partial charge in [0.2, 0.25) is 0 Å². The SMILES string of the molecule is CC(C)c1ccc(C(NC2CCCCC2)C(=O)O)cc1. The third-order valence-corrected chi connectivity index (χ3v) is 4.19. The molecule has 1 saturated carbocycles. The van der Waals surface area contributed by atoms with Gasteiger partial charge in [-0.3, -0.25) is 10.1 Å². The van der Waals surface area contributed by atoms with Gasteiger partial charge in [-0.05, 0) is 29.9 Å². The lowest BCUT2D eigenvalue weighted by Crippen LogP contribution is -2.38. The van der Waals surface area contributed by atoms with Gasteiger partial charge in [0.15, 0.2) is 0 Å². The number of carboxylic acid groups (broad SMARTS) is 1. The molecule has 3 heteroatoms. The molecule has 2 rings (SSSR count). The largest absolute Gasteiger partial charge is 0.480 e. The summed E-state index contributed by atoms with van der Waals surface area (Å²) in [5.41, 5.74) is 2.10. The summed E-state index contributed by atoms with van der Waals surface area (Å²) in [5.74, 6) is -0.313. The Morgan fingerprint density at radius 2 is 1.65 bits per heavy atom. The molecule has 1 aliphatic rings. The van der Waals surface area contributed by atoms with Gasteiger partial charge in [0.25, 0.3) is 0 Å². The molecule has 1 atom stereocenters. The highest BCUT2D eigenvalue weighted by atomic mass is 16.4. The minimum Gasteiger partial charge on any atom is -0.480 e. The van der Waals surface area contributed by atoms with Crippen molar-refractivity contribution in [3.63, 3.8) is 0 Å². The van der Waals surface area contributed by atoms with Crippen LogP contribution < -0.4 is 5.32 Å². The van der Waals surface area contributed by atoms with Gasteiger partial charge in [0, 0.05) is 6.04 Å². The number of hydrogen-bond acceptors (Lipinski definition) is 2. The van der Waals surface area contributed by atoms with Crippen molar-refractivity contribution in [3.8, 4) is 0 Å². The predicted molar refractivity (Wildman–Crippen MR) is 80.9 cm³/mol. The molecule has 0 heterocycles. The molecule has 0 radical (unpaired) electrons. The van der Waals surface area contributed by atoms with Gasteiger partial charge in [-0.25, -0.2) is 0 Å². The summed E-state index contributed by atoms with van der Waals surface area (Å²) in [7, 11) is 0. The number of nitrogens with one attached hydrogen (secondary N) is 1. The van der Waals surface area contributed by atoms with E-state index in [0.29, 0.717) is 12.0 Å². The van der Waals surface area contributed by atoms with Crippen LogP contribution in [-0.4, -0.2) is 17.1 Å². The van der Waals surface area contributed by atoms with Crippen molar-refractivity contribution >= 4 is 5.97 Å². The van der Waals surface area contributed by atoms with Crippen molar-refractivity contribution in [2.75, 3.05) is 0 Å². The second kappa shape index (κ2) is 6.89. The maximum absolute atomic E-state index is 11.5. The molecule has 0 aromatic heterocycles. The molecule has 0 bridgehead atoms. The Morgan fingerprint density at radius 3 is 2.15 bits per heavy atom. The third-order valence-electron chi connectivity index (χ3n) is 4.19. The van der Waals surface area contributed by atoms with E-state index in [9.17, 15) is 9.90 Å². The number of carbonyl (C=O) groups is 1. The van der Waals surface area contributed by atoms with Crippen molar-refractivity contribution in [2.24, 2.45) is 0 Å². The molecule has 110 valence electrons. The zero-order chi connectivity index (χ0) is 14.5. The lowest BCUT2D eigenvalue weighted by Gasteiger charge is -2.26. The Kier molecular flexibility index (Phi) is 5.18. The van der Waals surface area contributed by atoms with Crippen molar-refractivity contribution in [1.82, 2.24) is 5.32 Å². The monoisotopic (exact) mass is 275 g/mol. The molecule has 3 nitrogen and oxygen atoms in total. The molecule has 2 N–H and O–H groups in total. The first-order valence-corrected chi connectivity index (χ1v) is 7.66. The van der Waals surface area contributed by atoms with Crippen molar-refractivity contribution < 1.29 is 9.90 Å². The van der Waals surface area contributed by atoms with Crippen LogP contribution in [0.1, 0.15) is 69.0 Å². The minimum atomic E-state index is -0.784. The summed E-state index contributed by atoms with van der Waals surface area (Å²) in [6.07, 6.45) is 5.87. The quantitative estimate of drug-likeness (QED) is 0.858. The van der Waals surface area contributed by atoms with E-state index in [2.05, 4.69) is 19.2 Å². The number of aliphatic carboxylic acids is 1. The molecule has 0 aliphatic heterocycles. The minimum absolute atomic E-state index is 0.342.